The monoisotopic (exact) mass is 222 g/mol. The fraction of sp³-hybridized carbons (Fsp3) is 0.636. The fourth-order valence-electron chi connectivity index (χ4n) is 2.09. The molecule has 5 nitrogen and oxygen atoms in total. The Hall–Kier alpha value is -1.20. The molecular formula is C11H18N4O. The van der Waals surface area contributed by atoms with Crippen molar-refractivity contribution in [1.29, 1.82) is 0 Å². The van der Waals surface area contributed by atoms with E-state index < -0.39 is 0 Å². The third-order valence-corrected chi connectivity index (χ3v) is 3.18. The van der Waals surface area contributed by atoms with Crippen molar-refractivity contribution in [2.24, 2.45) is 0 Å². The number of aromatic nitrogens is 2. The lowest BCUT2D eigenvalue weighted by atomic mass is 10.1. The second kappa shape index (κ2) is 4.76. The van der Waals surface area contributed by atoms with Gasteiger partial charge in [-0.2, -0.15) is 0 Å². The summed E-state index contributed by atoms with van der Waals surface area (Å²) in [6, 6.07) is 0.476. The van der Waals surface area contributed by atoms with E-state index in [0.717, 1.165) is 38.2 Å². The van der Waals surface area contributed by atoms with Crippen LogP contribution in [-0.2, 0) is 6.42 Å². The Labute approximate surface area is 95.5 Å². The van der Waals surface area contributed by atoms with Crippen molar-refractivity contribution in [2.75, 3.05) is 33.7 Å². The first kappa shape index (κ1) is 11.3. The lowest BCUT2D eigenvalue weighted by Gasteiger charge is -2.37. The first-order valence-corrected chi connectivity index (χ1v) is 5.57. The number of hydrogen-bond acceptors (Lipinski definition) is 4. The summed E-state index contributed by atoms with van der Waals surface area (Å²) in [4.78, 5) is 22.4. The minimum atomic E-state index is 0.476. The quantitative estimate of drug-likeness (QED) is 0.732. The van der Waals surface area contributed by atoms with E-state index in [9.17, 15) is 4.79 Å². The normalized spacial score (nSPS) is 23.5. The van der Waals surface area contributed by atoms with Gasteiger partial charge in [0.25, 0.3) is 0 Å². The summed E-state index contributed by atoms with van der Waals surface area (Å²) < 4.78 is 0. The van der Waals surface area contributed by atoms with Crippen LogP contribution in [0.1, 0.15) is 16.3 Å². The van der Waals surface area contributed by atoms with Gasteiger partial charge in [0.15, 0.2) is 6.29 Å². The lowest BCUT2D eigenvalue weighted by molar-refractivity contribution is 0.111. The molecule has 0 bridgehead atoms. The molecule has 1 saturated heterocycles. The Morgan fingerprint density at radius 1 is 1.56 bits per heavy atom. The third kappa shape index (κ3) is 2.48. The molecule has 0 aromatic carbocycles. The predicted octanol–water partition coefficient (Wildman–Crippen LogP) is 0.0105. The van der Waals surface area contributed by atoms with Crippen molar-refractivity contribution in [3.63, 3.8) is 0 Å². The van der Waals surface area contributed by atoms with Crippen LogP contribution >= 0.6 is 0 Å². The Balaban J connectivity index is 1.99. The van der Waals surface area contributed by atoms with Crippen LogP contribution in [0.15, 0.2) is 6.20 Å². The van der Waals surface area contributed by atoms with E-state index in [0.29, 0.717) is 11.7 Å². The number of carbonyl (C=O) groups is 1. The Morgan fingerprint density at radius 2 is 2.38 bits per heavy atom. The highest BCUT2D eigenvalue weighted by Crippen LogP contribution is 2.10. The molecule has 1 unspecified atom stereocenters. The van der Waals surface area contributed by atoms with Gasteiger partial charge in [-0.3, -0.25) is 4.79 Å². The molecule has 1 fully saturated rings. The summed E-state index contributed by atoms with van der Waals surface area (Å²) in [7, 11) is 4.28. The Kier molecular flexibility index (Phi) is 3.36. The van der Waals surface area contributed by atoms with Gasteiger partial charge in [0.1, 0.15) is 5.82 Å². The maximum Gasteiger partial charge on any atom is 0.167 e. The maximum absolute atomic E-state index is 10.5. The molecule has 1 aliphatic rings. The molecule has 16 heavy (non-hydrogen) atoms. The van der Waals surface area contributed by atoms with Gasteiger partial charge in [-0.15, -0.1) is 0 Å². The van der Waals surface area contributed by atoms with Crippen LogP contribution in [0, 0.1) is 0 Å². The number of likely N-dealkylation sites (N-methyl/N-ethyl adjacent to an activating group) is 2. The minimum absolute atomic E-state index is 0.476. The summed E-state index contributed by atoms with van der Waals surface area (Å²) in [5.74, 6) is 0.897. The van der Waals surface area contributed by atoms with Crippen LogP contribution in [-0.4, -0.2) is 65.8 Å². The number of imidazole rings is 1. The first-order valence-electron chi connectivity index (χ1n) is 5.57. The van der Waals surface area contributed by atoms with Crippen molar-refractivity contribution in [3.8, 4) is 0 Å². The average Bonchev–Trinajstić information content (AvgIpc) is 2.71. The number of nitrogens with one attached hydrogen (secondary N) is 1. The van der Waals surface area contributed by atoms with Crippen LogP contribution < -0.4 is 0 Å². The molecule has 1 atom stereocenters. The van der Waals surface area contributed by atoms with Gasteiger partial charge in [-0.25, -0.2) is 4.98 Å². The molecule has 2 heterocycles. The molecule has 0 aliphatic carbocycles. The highest BCUT2D eigenvalue weighted by molar-refractivity contribution is 5.71. The maximum atomic E-state index is 10.5. The van der Waals surface area contributed by atoms with Crippen molar-refractivity contribution < 1.29 is 4.79 Å². The average molecular weight is 222 g/mol. The van der Waals surface area contributed by atoms with Crippen LogP contribution in [0.4, 0.5) is 0 Å². The lowest BCUT2D eigenvalue weighted by Crippen LogP contribution is -2.50. The molecule has 0 spiro atoms. The zero-order chi connectivity index (χ0) is 11.5. The highest BCUT2D eigenvalue weighted by Gasteiger charge is 2.23. The summed E-state index contributed by atoms with van der Waals surface area (Å²) in [5, 5.41) is 0. The van der Waals surface area contributed by atoms with Crippen molar-refractivity contribution in [3.05, 3.63) is 17.7 Å². The zero-order valence-electron chi connectivity index (χ0n) is 9.81. The molecule has 1 aromatic rings. The van der Waals surface area contributed by atoms with E-state index in [2.05, 4.69) is 33.9 Å². The SMILES string of the molecule is CN1CCN(C)C(Cc2ncc(C=O)[nH]2)C1. The molecule has 0 amide bonds. The van der Waals surface area contributed by atoms with Crippen molar-refractivity contribution in [2.45, 2.75) is 12.5 Å². The number of carbonyl (C=O) groups excluding carboxylic acids is 1. The second-order valence-corrected chi connectivity index (χ2v) is 4.50. The number of H-pyrrole nitrogens is 1. The predicted molar refractivity (Wildman–Crippen MR) is 61.6 cm³/mol. The summed E-state index contributed by atoms with van der Waals surface area (Å²) in [5.41, 5.74) is 0.557. The summed E-state index contributed by atoms with van der Waals surface area (Å²) in [6.07, 6.45) is 3.26. The standard InChI is InChI=1S/C11H18N4O/c1-14-3-4-15(2)10(7-14)5-11-12-6-9(8-16)13-11/h6,8,10H,3-5,7H2,1-2H3,(H,12,13). The number of aldehydes is 1. The summed E-state index contributed by atoms with van der Waals surface area (Å²) >= 11 is 0. The molecule has 1 N–H and O–H groups in total. The van der Waals surface area contributed by atoms with E-state index in [1.54, 1.807) is 6.20 Å². The van der Waals surface area contributed by atoms with E-state index in [4.69, 9.17) is 0 Å². The van der Waals surface area contributed by atoms with Crippen LogP contribution in [0.5, 0.6) is 0 Å². The van der Waals surface area contributed by atoms with Gasteiger partial charge in [-0.05, 0) is 14.1 Å². The van der Waals surface area contributed by atoms with Gasteiger partial charge in [-0.1, -0.05) is 0 Å². The Bertz CT molecular complexity index is 363. The zero-order valence-corrected chi connectivity index (χ0v) is 9.81. The molecule has 1 aromatic heterocycles. The van der Waals surface area contributed by atoms with E-state index >= 15 is 0 Å². The summed E-state index contributed by atoms with van der Waals surface area (Å²) in [6.45, 7) is 3.25. The largest absolute Gasteiger partial charge is 0.340 e. The molecule has 0 radical (unpaired) electrons. The number of aromatic amines is 1. The van der Waals surface area contributed by atoms with Gasteiger partial charge >= 0.3 is 0 Å². The molecular weight excluding hydrogens is 204 g/mol. The van der Waals surface area contributed by atoms with Crippen molar-refractivity contribution >= 4 is 6.29 Å². The van der Waals surface area contributed by atoms with E-state index in [1.807, 2.05) is 0 Å². The molecule has 5 heteroatoms. The van der Waals surface area contributed by atoms with Gasteiger partial charge in [0, 0.05) is 32.1 Å². The first-order chi connectivity index (χ1) is 7.69. The molecule has 88 valence electrons. The fourth-order valence-corrected chi connectivity index (χ4v) is 2.09. The van der Waals surface area contributed by atoms with Crippen LogP contribution in [0.2, 0.25) is 0 Å². The van der Waals surface area contributed by atoms with E-state index in [-0.39, 0.29) is 0 Å². The van der Waals surface area contributed by atoms with Gasteiger partial charge in [0.2, 0.25) is 0 Å². The smallest absolute Gasteiger partial charge is 0.167 e. The van der Waals surface area contributed by atoms with Crippen LogP contribution in [0.3, 0.4) is 0 Å². The molecule has 2 rings (SSSR count). The topological polar surface area (TPSA) is 52.2 Å². The number of rotatable bonds is 3. The number of nitrogens with zero attached hydrogens (tertiary/aromatic N) is 3. The van der Waals surface area contributed by atoms with E-state index in [1.165, 1.54) is 0 Å². The van der Waals surface area contributed by atoms with Crippen molar-refractivity contribution in [1.82, 2.24) is 19.8 Å². The molecule has 1 aliphatic heterocycles. The Morgan fingerprint density at radius 3 is 3.06 bits per heavy atom. The number of piperazine rings is 1. The minimum Gasteiger partial charge on any atom is -0.340 e. The van der Waals surface area contributed by atoms with Crippen LogP contribution in [0.25, 0.3) is 0 Å². The van der Waals surface area contributed by atoms with Gasteiger partial charge in [0.05, 0.1) is 11.9 Å². The second-order valence-electron chi connectivity index (χ2n) is 4.50. The highest BCUT2D eigenvalue weighted by atomic mass is 16.1. The number of hydrogen-bond donors (Lipinski definition) is 1. The van der Waals surface area contributed by atoms with Gasteiger partial charge < -0.3 is 14.8 Å². The molecule has 0 saturated carbocycles. The third-order valence-electron chi connectivity index (χ3n) is 3.18.